The Morgan fingerprint density at radius 1 is 1.32 bits per heavy atom. The SMILES string of the molecule is COCCCC(CNC(C)C)Cc1cccc(Cl)c1. The molecule has 1 aromatic carbocycles. The molecule has 0 bridgehead atoms. The molecule has 0 aliphatic carbocycles. The van der Waals surface area contributed by atoms with E-state index in [9.17, 15) is 0 Å². The molecule has 0 aromatic heterocycles. The lowest BCUT2D eigenvalue weighted by molar-refractivity contribution is 0.186. The van der Waals surface area contributed by atoms with Crippen molar-refractivity contribution in [3.63, 3.8) is 0 Å². The molecule has 1 N–H and O–H groups in total. The predicted molar refractivity (Wildman–Crippen MR) is 82.9 cm³/mol. The van der Waals surface area contributed by atoms with Crippen molar-refractivity contribution in [2.24, 2.45) is 5.92 Å². The largest absolute Gasteiger partial charge is 0.385 e. The van der Waals surface area contributed by atoms with Crippen LogP contribution in [0.25, 0.3) is 0 Å². The van der Waals surface area contributed by atoms with E-state index in [4.69, 9.17) is 16.3 Å². The molecule has 3 heteroatoms. The Balaban J connectivity index is 2.51. The zero-order valence-corrected chi connectivity index (χ0v) is 13.0. The zero-order chi connectivity index (χ0) is 14.1. The quantitative estimate of drug-likeness (QED) is 0.694. The average Bonchev–Trinajstić information content (AvgIpc) is 2.36. The van der Waals surface area contributed by atoms with Crippen LogP contribution in [0.1, 0.15) is 32.3 Å². The fourth-order valence-corrected chi connectivity index (χ4v) is 2.41. The second-order valence-electron chi connectivity index (χ2n) is 5.40. The van der Waals surface area contributed by atoms with Gasteiger partial charge in [-0.15, -0.1) is 0 Å². The van der Waals surface area contributed by atoms with Gasteiger partial charge in [0.15, 0.2) is 0 Å². The van der Waals surface area contributed by atoms with Gasteiger partial charge in [-0.3, -0.25) is 0 Å². The number of methoxy groups -OCH3 is 1. The molecule has 0 saturated carbocycles. The number of hydrogen-bond acceptors (Lipinski definition) is 2. The van der Waals surface area contributed by atoms with Gasteiger partial charge in [-0.05, 0) is 49.4 Å². The maximum absolute atomic E-state index is 6.05. The zero-order valence-electron chi connectivity index (χ0n) is 12.3. The minimum absolute atomic E-state index is 0.532. The van der Waals surface area contributed by atoms with Gasteiger partial charge in [-0.2, -0.15) is 0 Å². The fourth-order valence-electron chi connectivity index (χ4n) is 2.19. The molecule has 0 spiro atoms. The Morgan fingerprint density at radius 3 is 2.74 bits per heavy atom. The highest BCUT2D eigenvalue weighted by Crippen LogP contribution is 2.17. The maximum Gasteiger partial charge on any atom is 0.0462 e. The molecule has 1 atom stereocenters. The highest BCUT2D eigenvalue weighted by molar-refractivity contribution is 6.30. The van der Waals surface area contributed by atoms with Crippen LogP contribution < -0.4 is 5.32 Å². The Hall–Kier alpha value is -0.570. The van der Waals surface area contributed by atoms with Gasteiger partial charge in [0.1, 0.15) is 0 Å². The van der Waals surface area contributed by atoms with Gasteiger partial charge in [0.25, 0.3) is 0 Å². The number of ether oxygens (including phenoxy) is 1. The second kappa shape index (κ2) is 9.35. The van der Waals surface area contributed by atoms with E-state index in [0.29, 0.717) is 12.0 Å². The number of rotatable bonds is 9. The first-order valence-electron chi connectivity index (χ1n) is 7.08. The lowest BCUT2D eigenvalue weighted by Gasteiger charge is -2.19. The van der Waals surface area contributed by atoms with E-state index in [1.807, 2.05) is 12.1 Å². The minimum Gasteiger partial charge on any atom is -0.385 e. The molecule has 1 aromatic rings. The van der Waals surface area contributed by atoms with Gasteiger partial charge in [0.2, 0.25) is 0 Å². The second-order valence-corrected chi connectivity index (χ2v) is 5.83. The summed E-state index contributed by atoms with van der Waals surface area (Å²) in [5.41, 5.74) is 1.32. The molecule has 2 nitrogen and oxygen atoms in total. The highest BCUT2D eigenvalue weighted by Gasteiger charge is 2.10. The van der Waals surface area contributed by atoms with Gasteiger partial charge < -0.3 is 10.1 Å². The molecule has 0 heterocycles. The average molecular weight is 284 g/mol. The van der Waals surface area contributed by atoms with Crippen molar-refractivity contribution in [2.75, 3.05) is 20.3 Å². The lowest BCUT2D eigenvalue weighted by Crippen LogP contribution is -2.30. The molecule has 0 aliphatic heterocycles. The molecule has 0 aliphatic rings. The minimum atomic E-state index is 0.532. The van der Waals surface area contributed by atoms with E-state index in [0.717, 1.165) is 31.0 Å². The summed E-state index contributed by atoms with van der Waals surface area (Å²) in [4.78, 5) is 0. The summed E-state index contributed by atoms with van der Waals surface area (Å²) < 4.78 is 5.15. The lowest BCUT2D eigenvalue weighted by atomic mass is 9.94. The van der Waals surface area contributed by atoms with Crippen molar-refractivity contribution in [3.8, 4) is 0 Å². The summed E-state index contributed by atoms with van der Waals surface area (Å²) in [5.74, 6) is 0.635. The normalized spacial score (nSPS) is 12.9. The number of nitrogens with one attached hydrogen (secondary N) is 1. The number of halogens is 1. The van der Waals surface area contributed by atoms with E-state index >= 15 is 0 Å². The Labute approximate surface area is 122 Å². The van der Waals surface area contributed by atoms with Gasteiger partial charge in [-0.25, -0.2) is 0 Å². The van der Waals surface area contributed by atoms with Crippen molar-refractivity contribution >= 4 is 11.6 Å². The van der Waals surface area contributed by atoms with Crippen LogP contribution in [0.2, 0.25) is 5.02 Å². The summed E-state index contributed by atoms with van der Waals surface area (Å²) in [5, 5.41) is 4.36. The molecular formula is C16H26ClNO. The summed E-state index contributed by atoms with van der Waals surface area (Å²) >= 11 is 6.05. The Bertz CT molecular complexity index is 354. The van der Waals surface area contributed by atoms with Crippen molar-refractivity contribution in [1.29, 1.82) is 0 Å². The molecule has 19 heavy (non-hydrogen) atoms. The molecule has 0 saturated heterocycles. The number of hydrogen-bond donors (Lipinski definition) is 1. The molecule has 1 rings (SSSR count). The van der Waals surface area contributed by atoms with E-state index in [1.165, 1.54) is 12.0 Å². The molecule has 0 fully saturated rings. The summed E-state index contributed by atoms with van der Waals surface area (Å²) in [6.45, 7) is 6.26. The van der Waals surface area contributed by atoms with Crippen molar-refractivity contribution in [3.05, 3.63) is 34.9 Å². The van der Waals surface area contributed by atoms with E-state index in [1.54, 1.807) is 7.11 Å². The highest BCUT2D eigenvalue weighted by atomic mass is 35.5. The smallest absolute Gasteiger partial charge is 0.0462 e. The van der Waals surface area contributed by atoms with Crippen molar-refractivity contribution in [2.45, 2.75) is 39.2 Å². The van der Waals surface area contributed by atoms with Crippen LogP contribution in [-0.4, -0.2) is 26.3 Å². The predicted octanol–water partition coefficient (Wildman–Crippen LogP) is 3.92. The standard InChI is InChI=1S/C16H26ClNO/c1-13(2)18-12-15(7-5-9-19-3)10-14-6-4-8-16(17)11-14/h4,6,8,11,13,15,18H,5,7,9-10,12H2,1-3H3. The van der Waals surface area contributed by atoms with Gasteiger partial charge >= 0.3 is 0 Å². The summed E-state index contributed by atoms with van der Waals surface area (Å²) in [6, 6.07) is 8.71. The monoisotopic (exact) mass is 283 g/mol. The van der Waals surface area contributed by atoms with Gasteiger partial charge in [0, 0.05) is 24.8 Å². The van der Waals surface area contributed by atoms with Crippen LogP contribution >= 0.6 is 11.6 Å². The molecule has 108 valence electrons. The topological polar surface area (TPSA) is 21.3 Å². The van der Waals surface area contributed by atoms with Gasteiger partial charge in [-0.1, -0.05) is 37.6 Å². The van der Waals surface area contributed by atoms with Crippen LogP contribution in [0.5, 0.6) is 0 Å². The number of benzene rings is 1. The summed E-state index contributed by atoms with van der Waals surface area (Å²) in [7, 11) is 1.76. The first kappa shape index (κ1) is 16.5. The first-order valence-corrected chi connectivity index (χ1v) is 7.46. The third kappa shape index (κ3) is 7.56. The third-order valence-corrected chi connectivity index (χ3v) is 3.42. The molecule has 0 radical (unpaired) electrons. The van der Waals surface area contributed by atoms with Crippen LogP contribution in [0.3, 0.4) is 0 Å². The first-order chi connectivity index (χ1) is 9.11. The van der Waals surface area contributed by atoms with Crippen molar-refractivity contribution in [1.82, 2.24) is 5.32 Å². The van der Waals surface area contributed by atoms with E-state index in [2.05, 4.69) is 31.3 Å². The summed E-state index contributed by atoms with van der Waals surface area (Å²) in [6.07, 6.45) is 3.37. The Morgan fingerprint density at radius 2 is 2.11 bits per heavy atom. The Kier molecular flexibility index (Phi) is 8.11. The van der Waals surface area contributed by atoms with E-state index < -0.39 is 0 Å². The molecular weight excluding hydrogens is 258 g/mol. The van der Waals surface area contributed by atoms with Crippen LogP contribution in [0, 0.1) is 5.92 Å². The van der Waals surface area contributed by atoms with Crippen LogP contribution in [-0.2, 0) is 11.2 Å². The third-order valence-electron chi connectivity index (χ3n) is 3.19. The molecule has 0 amide bonds. The van der Waals surface area contributed by atoms with Crippen LogP contribution in [0.15, 0.2) is 24.3 Å². The maximum atomic E-state index is 6.05. The van der Waals surface area contributed by atoms with Crippen LogP contribution in [0.4, 0.5) is 0 Å². The fraction of sp³-hybridized carbons (Fsp3) is 0.625. The molecule has 1 unspecified atom stereocenters. The van der Waals surface area contributed by atoms with E-state index in [-0.39, 0.29) is 0 Å². The van der Waals surface area contributed by atoms with Gasteiger partial charge in [0.05, 0.1) is 0 Å². The van der Waals surface area contributed by atoms with Crippen molar-refractivity contribution < 1.29 is 4.74 Å².